The van der Waals surface area contributed by atoms with Crippen LogP contribution in [0.4, 0.5) is 5.69 Å². The van der Waals surface area contributed by atoms with Crippen LogP contribution in [-0.4, -0.2) is 34.1 Å². The highest BCUT2D eigenvalue weighted by Crippen LogP contribution is 2.23. The number of ether oxygens (including phenoxy) is 1. The molecule has 2 aromatic rings. The summed E-state index contributed by atoms with van der Waals surface area (Å²) < 4.78 is 5.85. The van der Waals surface area contributed by atoms with Gasteiger partial charge in [-0.2, -0.15) is 4.98 Å². The van der Waals surface area contributed by atoms with E-state index in [9.17, 15) is 0 Å². The van der Waals surface area contributed by atoms with E-state index in [-0.39, 0.29) is 11.4 Å². The lowest BCUT2D eigenvalue weighted by molar-refractivity contribution is 0.192. The van der Waals surface area contributed by atoms with Crippen LogP contribution in [0.25, 0.3) is 0 Å². The highest BCUT2D eigenvalue weighted by atomic mass is 35.5. The van der Waals surface area contributed by atoms with Gasteiger partial charge in [0.2, 0.25) is 11.2 Å². The molecule has 2 heterocycles. The molecule has 1 fully saturated rings. The number of aromatic nitrogens is 2. The van der Waals surface area contributed by atoms with Crippen molar-refractivity contribution in [2.24, 2.45) is 0 Å². The van der Waals surface area contributed by atoms with Crippen LogP contribution in [0.1, 0.15) is 12.0 Å². The molecule has 5 nitrogen and oxygen atoms in total. The molecule has 21 heavy (non-hydrogen) atoms. The first-order chi connectivity index (χ1) is 10.2. The third-order valence-electron chi connectivity index (χ3n) is 3.51. The first-order valence-corrected chi connectivity index (χ1v) is 7.29. The minimum Gasteiger partial charge on any atom is -0.471 e. The number of rotatable bonds is 4. The zero-order chi connectivity index (χ0) is 14.7. The Labute approximate surface area is 128 Å². The summed E-state index contributed by atoms with van der Waals surface area (Å²) in [5, 5.41) is 0.151. The van der Waals surface area contributed by atoms with E-state index in [1.165, 1.54) is 11.8 Å². The summed E-state index contributed by atoms with van der Waals surface area (Å²) in [5.41, 5.74) is 7.53. The number of anilines is 1. The molecule has 1 unspecified atom stereocenters. The Balaban J connectivity index is 1.58. The molecule has 2 N–H and O–H groups in total. The molecule has 0 spiro atoms. The summed E-state index contributed by atoms with van der Waals surface area (Å²) in [6, 6.07) is 10.4. The Morgan fingerprint density at radius 1 is 1.33 bits per heavy atom. The number of nitrogens with two attached hydrogens (primary N) is 1. The average Bonchev–Trinajstić information content (AvgIpc) is 2.91. The molecule has 1 aromatic heterocycles. The van der Waals surface area contributed by atoms with Crippen LogP contribution in [0, 0.1) is 0 Å². The number of nitrogens with zero attached hydrogens (tertiary/aromatic N) is 3. The molecule has 1 saturated heterocycles. The average molecular weight is 305 g/mol. The minimum atomic E-state index is 0.0852. The molecule has 0 bridgehead atoms. The third-order valence-corrected chi connectivity index (χ3v) is 3.69. The van der Waals surface area contributed by atoms with Crippen molar-refractivity contribution in [1.82, 2.24) is 14.9 Å². The monoisotopic (exact) mass is 304 g/mol. The smallest absolute Gasteiger partial charge is 0.241 e. The molecule has 0 saturated carbocycles. The zero-order valence-electron chi connectivity index (χ0n) is 11.6. The number of nitrogen functional groups attached to an aromatic ring is 1. The number of hydrogen-bond acceptors (Lipinski definition) is 5. The highest BCUT2D eigenvalue weighted by Gasteiger charge is 2.25. The number of benzene rings is 1. The van der Waals surface area contributed by atoms with E-state index in [0.29, 0.717) is 11.6 Å². The summed E-state index contributed by atoms with van der Waals surface area (Å²) in [6.07, 6.45) is 2.51. The van der Waals surface area contributed by atoms with Crippen molar-refractivity contribution in [3.8, 4) is 5.88 Å². The highest BCUT2D eigenvalue weighted by molar-refractivity contribution is 6.28. The van der Waals surface area contributed by atoms with Gasteiger partial charge in [0.15, 0.2) is 0 Å². The van der Waals surface area contributed by atoms with Gasteiger partial charge in [0, 0.05) is 19.6 Å². The van der Waals surface area contributed by atoms with E-state index >= 15 is 0 Å². The summed E-state index contributed by atoms with van der Waals surface area (Å²) >= 11 is 5.77. The van der Waals surface area contributed by atoms with Crippen molar-refractivity contribution in [3.63, 3.8) is 0 Å². The normalized spacial score (nSPS) is 18.8. The fraction of sp³-hybridized carbons (Fsp3) is 0.333. The summed E-state index contributed by atoms with van der Waals surface area (Å²) in [5.74, 6) is 0.376. The standard InChI is InChI=1S/C15H17ClN4O/c16-15-18-8-13(17)14(19-15)21-12-6-7-20(10-12)9-11-4-2-1-3-5-11/h1-5,8,12H,6-7,9-10,17H2. The van der Waals surface area contributed by atoms with Crippen molar-refractivity contribution in [2.75, 3.05) is 18.8 Å². The van der Waals surface area contributed by atoms with Crippen LogP contribution in [0.3, 0.4) is 0 Å². The molecule has 1 atom stereocenters. The molecule has 0 aliphatic carbocycles. The Morgan fingerprint density at radius 2 is 2.14 bits per heavy atom. The van der Waals surface area contributed by atoms with Gasteiger partial charge < -0.3 is 10.5 Å². The van der Waals surface area contributed by atoms with Crippen LogP contribution in [0.5, 0.6) is 5.88 Å². The molecule has 1 aliphatic heterocycles. The first kappa shape index (κ1) is 14.1. The second-order valence-corrected chi connectivity index (χ2v) is 5.49. The van der Waals surface area contributed by atoms with E-state index in [1.807, 2.05) is 6.07 Å². The van der Waals surface area contributed by atoms with Crippen LogP contribution in [0.15, 0.2) is 36.5 Å². The molecular formula is C15H17ClN4O. The maximum absolute atomic E-state index is 5.85. The van der Waals surface area contributed by atoms with Gasteiger partial charge in [0.1, 0.15) is 11.8 Å². The molecule has 110 valence electrons. The molecule has 6 heteroatoms. The van der Waals surface area contributed by atoms with E-state index in [1.54, 1.807) is 0 Å². The minimum absolute atomic E-state index is 0.0852. The van der Waals surface area contributed by atoms with Crippen molar-refractivity contribution < 1.29 is 4.74 Å². The van der Waals surface area contributed by atoms with Crippen LogP contribution < -0.4 is 10.5 Å². The van der Waals surface area contributed by atoms with Crippen molar-refractivity contribution >= 4 is 17.3 Å². The second kappa shape index (κ2) is 6.28. The van der Waals surface area contributed by atoms with E-state index < -0.39 is 0 Å². The van der Waals surface area contributed by atoms with Gasteiger partial charge in [-0.3, -0.25) is 4.90 Å². The van der Waals surface area contributed by atoms with Crippen LogP contribution in [0.2, 0.25) is 5.28 Å². The molecule has 0 amide bonds. The lowest BCUT2D eigenvalue weighted by Gasteiger charge is -2.17. The summed E-state index contributed by atoms with van der Waals surface area (Å²) in [6.45, 7) is 2.79. The van der Waals surface area contributed by atoms with E-state index in [2.05, 4.69) is 39.1 Å². The third kappa shape index (κ3) is 3.62. The first-order valence-electron chi connectivity index (χ1n) is 6.91. The van der Waals surface area contributed by atoms with Crippen LogP contribution >= 0.6 is 11.6 Å². The van der Waals surface area contributed by atoms with Crippen molar-refractivity contribution in [3.05, 3.63) is 47.4 Å². The van der Waals surface area contributed by atoms with Crippen molar-refractivity contribution in [2.45, 2.75) is 19.1 Å². The van der Waals surface area contributed by atoms with Gasteiger partial charge in [0.05, 0.1) is 6.20 Å². The Kier molecular flexibility index (Phi) is 4.22. The predicted molar refractivity (Wildman–Crippen MR) is 82.2 cm³/mol. The predicted octanol–water partition coefficient (Wildman–Crippen LogP) is 2.37. The lowest BCUT2D eigenvalue weighted by Crippen LogP contribution is -2.25. The van der Waals surface area contributed by atoms with Gasteiger partial charge in [0.25, 0.3) is 0 Å². The van der Waals surface area contributed by atoms with E-state index in [0.717, 1.165) is 26.1 Å². The van der Waals surface area contributed by atoms with Gasteiger partial charge in [-0.25, -0.2) is 4.98 Å². The van der Waals surface area contributed by atoms with Gasteiger partial charge in [-0.1, -0.05) is 30.3 Å². The Bertz CT molecular complexity index is 608. The summed E-state index contributed by atoms with van der Waals surface area (Å²) in [4.78, 5) is 10.2. The molecule has 1 aromatic carbocycles. The van der Waals surface area contributed by atoms with Gasteiger partial charge >= 0.3 is 0 Å². The van der Waals surface area contributed by atoms with Gasteiger partial charge in [-0.05, 0) is 23.6 Å². The number of likely N-dealkylation sites (tertiary alicyclic amines) is 1. The Morgan fingerprint density at radius 3 is 2.95 bits per heavy atom. The zero-order valence-corrected chi connectivity index (χ0v) is 12.3. The number of halogens is 1. The number of hydrogen-bond donors (Lipinski definition) is 1. The molecule has 1 aliphatic rings. The fourth-order valence-electron chi connectivity index (χ4n) is 2.49. The van der Waals surface area contributed by atoms with Crippen molar-refractivity contribution in [1.29, 1.82) is 0 Å². The molecule has 0 radical (unpaired) electrons. The quantitative estimate of drug-likeness (QED) is 0.879. The van der Waals surface area contributed by atoms with Crippen LogP contribution in [-0.2, 0) is 6.54 Å². The van der Waals surface area contributed by atoms with E-state index in [4.69, 9.17) is 22.1 Å². The molecular weight excluding hydrogens is 288 g/mol. The van der Waals surface area contributed by atoms with Gasteiger partial charge in [-0.15, -0.1) is 0 Å². The molecule has 3 rings (SSSR count). The maximum atomic E-state index is 5.85. The topological polar surface area (TPSA) is 64.3 Å². The largest absolute Gasteiger partial charge is 0.471 e. The maximum Gasteiger partial charge on any atom is 0.241 e. The SMILES string of the molecule is Nc1cnc(Cl)nc1OC1CCN(Cc2ccccc2)C1. The summed E-state index contributed by atoms with van der Waals surface area (Å²) in [7, 11) is 0. The Hall–Kier alpha value is -1.85. The lowest BCUT2D eigenvalue weighted by atomic mass is 10.2. The fourth-order valence-corrected chi connectivity index (χ4v) is 2.61. The second-order valence-electron chi connectivity index (χ2n) is 5.15.